The zero-order valence-corrected chi connectivity index (χ0v) is 17.5. The lowest BCUT2D eigenvalue weighted by molar-refractivity contribution is -0.152. The van der Waals surface area contributed by atoms with Crippen LogP contribution in [0.1, 0.15) is 70.3 Å². The molecule has 1 aromatic carbocycles. The minimum Gasteiger partial charge on any atom is -0.455 e. The first-order valence-electron chi connectivity index (χ1n) is 10.8. The van der Waals surface area contributed by atoms with Crippen LogP contribution in [-0.4, -0.2) is 37.0 Å². The zero-order chi connectivity index (χ0) is 20.8. The summed E-state index contributed by atoms with van der Waals surface area (Å²) in [6.07, 6.45) is 6.54. The third kappa shape index (κ3) is 5.37. The van der Waals surface area contributed by atoms with Gasteiger partial charge in [-0.2, -0.15) is 0 Å². The second-order valence-corrected chi connectivity index (χ2v) is 8.28. The maximum absolute atomic E-state index is 12.6. The van der Waals surface area contributed by atoms with E-state index in [0.717, 1.165) is 43.4 Å². The monoisotopic (exact) mass is 400 g/mol. The minimum atomic E-state index is -0.532. The molecular weight excluding hydrogens is 368 g/mol. The van der Waals surface area contributed by atoms with Crippen LogP contribution in [0.3, 0.4) is 0 Å². The number of nitrogens with zero attached hydrogens (tertiary/aromatic N) is 1. The number of esters is 1. The molecule has 0 unspecified atom stereocenters. The van der Waals surface area contributed by atoms with Crippen molar-refractivity contribution in [2.75, 3.05) is 18.1 Å². The van der Waals surface area contributed by atoms with Crippen molar-refractivity contribution >= 4 is 23.5 Å². The zero-order valence-electron chi connectivity index (χ0n) is 17.5. The van der Waals surface area contributed by atoms with Crippen LogP contribution in [0.25, 0.3) is 0 Å². The Morgan fingerprint density at radius 1 is 1.21 bits per heavy atom. The number of nitrogens with one attached hydrogen (secondary N) is 1. The van der Waals surface area contributed by atoms with Crippen LogP contribution in [0.2, 0.25) is 0 Å². The molecule has 2 atom stereocenters. The van der Waals surface area contributed by atoms with Crippen molar-refractivity contribution in [3.05, 3.63) is 29.8 Å². The first-order valence-corrected chi connectivity index (χ1v) is 10.8. The summed E-state index contributed by atoms with van der Waals surface area (Å²) in [6.45, 7) is 4.28. The van der Waals surface area contributed by atoms with Crippen molar-refractivity contribution in [3.8, 4) is 0 Å². The average molecular weight is 401 g/mol. The molecule has 1 aliphatic heterocycles. The largest absolute Gasteiger partial charge is 0.455 e. The van der Waals surface area contributed by atoms with E-state index < -0.39 is 11.9 Å². The molecule has 0 bridgehead atoms. The first kappa shape index (κ1) is 21.3. The van der Waals surface area contributed by atoms with Crippen molar-refractivity contribution in [3.63, 3.8) is 0 Å². The number of rotatable bonds is 7. The number of carbonyl (C=O) groups excluding carboxylic acids is 3. The predicted molar refractivity (Wildman–Crippen MR) is 112 cm³/mol. The number of anilines is 1. The Morgan fingerprint density at radius 2 is 1.93 bits per heavy atom. The van der Waals surface area contributed by atoms with E-state index >= 15 is 0 Å². The molecule has 1 aromatic rings. The molecule has 1 aliphatic carbocycles. The topological polar surface area (TPSA) is 75.7 Å². The fraction of sp³-hybridized carbons (Fsp3) is 0.609. The molecule has 0 aromatic heterocycles. The first-order chi connectivity index (χ1) is 14.0. The highest BCUT2D eigenvalue weighted by atomic mass is 16.5. The lowest BCUT2D eigenvalue weighted by Crippen LogP contribution is -2.39. The van der Waals surface area contributed by atoms with Crippen molar-refractivity contribution < 1.29 is 19.1 Å². The smallest absolute Gasteiger partial charge is 0.311 e. The van der Waals surface area contributed by atoms with Crippen LogP contribution in [0.5, 0.6) is 0 Å². The van der Waals surface area contributed by atoms with Crippen molar-refractivity contribution in [1.82, 2.24) is 5.32 Å². The number of benzene rings is 1. The van der Waals surface area contributed by atoms with Gasteiger partial charge in [-0.1, -0.05) is 51.3 Å². The number of amides is 2. The Hall–Kier alpha value is -2.37. The maximum Gasteiger partial charge on any atom is 0.311 e. The van der Waals surface area contributed by atoms with Gasteiger partial charge in [-0.05, 0) is 36.8 Å². The van der Waals surface area contributed by atoms with Crippen molar-refractivity contribution in [1.29, 1.82) is 0 Å². The summed E-state index contributed by atoms with van der Waals surface area (Å²) in [6, 6.07) is 8.05. The Labute approximate surface area is 173 Å². The molecular formula is C23H32N2O4. The third-order valence-electron chi connectivity index (χ3n) is 6.15. The number of carbonyl (C=O) groups is 3. The highest BCUT2D eigenvalue weighted by molar-refractivity contribution is 6.00. The summed E-state index contributed by atoms with van der Waals surface area (Å²) < 4.78 is 5.23. The molecule has 1 saturated carbocycles. The molecule has 29 heavy (non-hydrogen) atoms. The van der Waals surface area contributed by atoms with Gasteiger partial charge in [-0.3, -0.25) is 14.4 Å². The second-order valence-electron chi connectivity index (χ2n) is 8.28. The lowest BCUT2D eigenvalue weighted by Gasteiger charge is -2.23. The summed E-state index contributed by atoms with van der Waals surface area (Å²) in [4.78, 5) is 38.8. The van der Waals surface area contributed by atoms with Crippen LogP contribution in [0.15, 0.2) is 24.3 Å². The fourth-order valence-electron chi connectivity index (χ4n) is 4.24. The van der Waals surface area contributed by atoms with Gasteiger partial charge in [0.05, 0.1) is 5.92 Å². The Kier molecular flexibility index (Phi) is 7.29. The fourth-order valence-corrected chi connectivity index (χ4v) is 4.24. The van der Waals surface area contributed by atoms with Gasteiger partial charge in [-0.15, -0.1) is 0 Å². The summed E-state index contributed by atoms with van der Waals surface area (Å²) >= 11 is 0. The normalized spacial score (nSPS) is 21.1. The highest BCUT2D eigenvalue weighted by Crippen LogP contribution is 2.33. The van der Waals surface area contributed by atoms with E-state index in [1.165, 1.54) is 6.42 Å². The number of hydrogen-bond acceptors (Lipinski definition) is 4. The Bertz CT molecular complexity index is 742. The van der Waals surface area contributed by atoms with Crippen LogP contribution in [0, 0.1) is 5.92 Å². The highest BCUT2D eigenvalue weighted by Gasteiger charge is 2.37. The molecule has 0 spiro atoms. The van der Waals surface area contributed by atoms with Gasteiger partial charge in [0.1, 0.15) is 0 Å². The molecule has 2 aliphatic rings. The van der Waals surface area contributed by atoms with Gasteiger partial charge in [0.15, 0.2) is 6.61 Å². The van der Waals surface area contributed by atoms with E-state index in [1.807, 2.05) is 24.3 Å². The number of hydrogen-bond donors (Lipinski definition) is 1. The Balaban J connectivity index is 1.54. The SMILES string of the molecule is CC[C@@H](C)c1ccccc1N1C[C@@H](C(=O)OCC(=O)NC2CCCCC2)CC1=O. The molecule has 1 heterocycles. The summed E-state index contributed by atoms with van der Waals surface area (Å²) in [5.74, 6) is -1.01. The summed E-state index contributed by atoms with van der Waals surface area (Å²) in [7, 11) is 0. The van der Waals surface area contributed by atoms with Gasteiger partial charge in [0, 0.05) is 24.7 Å². The van der Waals surface area contributed by atoms with Gasteiger partial charge in [0.25, 0.3) is 5.91 Å². The van der Waals surface area contributed by atoms with E-state index in [-0.39, 0.29) is 30.9 Å². The standard InChI is InChI=1S/C23H32N2O4/c1-3-16(2)19-11-7-8-12-20(19)25-14-17(13-22(25)27)23(28)29-15-21(26)24-18-9-5-4-6-10-18/h7-8,11-12,16-18H,3-6,9-10,13-15H2,1-2H3,(H,24,26)/t16-,17+/m1/s1. The molecule has 2 amide bonds. The van der Waals surface area contributed by atoms with Gasteiger partial charge in [0.2, 0.25) is 5.91 Å². The molecule has 3 rings (SSSR count). The van der Waals surface area contributed by atoms with E-state index in [0.29, 0.717) is 12.5 Å². The van der Waals surface area contributed by atoms with Crippen LogP contribution >= 0.6 is 0 Å². The minimum absolute atomic E-state index is 0.0747. The molecule has 6 heteroatoms. The van der Waals surface area contributed by atoms with Crippen LogP contribution in [0.4, 0.5) is 5.69 Å². The van der Waals surface area contributed by atoms with Gasteiger partial charge >= 0.3 is 5.97 Å². The van der Waals surface area contributed by atoms with Gasteiger partial charge < -0.3 is 15.0 Å². The molecule has 158 valence electrons. The third-order valence-corrected chi connectivity index (χ3v) is 6.15. The molecule has 2 fully saturated rings. The molecule has 1 N–H and O–H groups in total. The van der Waals surface area contributed by atoms with Crippen molar-refractivity contribution in [2.45, 2.75) is 70.8 Å². The Morgan fingerprint density at radius 3 is 2.66 bits per heavy atom. The van der Waals surface area contributed by atoms with Gasteiger partial charge in [-0.25, -0.2) is 0 Å². The maximum atomic E-state index is 12.6. The quantitative estimate of drug-likeness (QED) is 0.710. The van der Waals surface area contributed by atoms with Crippen LogP contribution < -0.4 is 10.2 Å². The van der Waals surface area contributed by atoms with E-state index in [1.54, 1.807) is 4.90 Å². The predicted octanol–water partition coefficient (Wildman–Crippen LogP) is 3.55. The average Bonchev–Trinajstić information content (AvgIpc) is 3.13. The molecule has 1 saturated heterocycles. The second kappa shape index (κ2) is 9.90. The van der Waals surface area contributed by atoms with Crippen LogP contribution in [-0.2, 0) is 19.1 Å². The van der Waals surface area contributed by atoms with Crippen molar-refractivity contribution in [2.24, 2.45) is 5.92 Å². The summed E-state index contributed by atoms with van der Waals surface area (Å²) in [5, 5.41) is 2.94. The van der Waals surface area contributed by atoms with E-state index in [2.05, 4.69) is 19.2 Å². The molecule has 0 radical (unpaired) electrons. The lowest BCUT2D eigenvalue weighted by atomic mass is 9.95. The van der Waals surface area contributed by atoms with E-state index in [9.17, 15) is 14.4 Å². The summed E-state index contributed by atoms with van der Waals surface area (Å²) in [5.41, 5.74) is 1.99. The number of ether oxygens (including phenoxy) is 1. The number of para-hydroxylation sites is 1. The van der Waals surface area contributed by atoms with E-state index in [4.69, 9.17) is 4.74 Å². The molecule has 6 nitrogen and oxygen atoms in total.